The van der Waals surface area contributed by atoms with Gasteiger partial charge in [0.25, 0.3) is 0 Å². The average Bonchev–Trinajstić information content (AvgIpc) is 2.38. The summed E-state index contributed by atoms with van der Waals surface area (Å²) in [6, 6.07) is -0.346. The van der Waals surface area contributed by atoms with E-state index in [1.165, 1.54) is 0 Å². The molecule has 1 fully saturated rings. The predicted octanol–water partition coefficient (Wildman–Crippen LogP) is 1.69. The van der Waals surface area contributed by atoms with E-state index in [2.05, 4.69) is 26.1 Å². The Morgan fingerprint density at radius 1 is 1.35 bits per heavy atom. The molecule has 0 aromatic rings. The molecule has 98 valence electrons. The third-order valence-electron chi connectivity index (χ3n) is 3.46. The highest BCUT2D eigenvalue weighted by atomic mass is 16.2. The zero-order chi connectivity index (χ0) is 13.1. The quantitative estimate of drug-likeness (QED) is 0.813. The lowest BCUT2D eigenvalue weighted by atomic mass is 9.95. The molecule has 1 aliphatic heterocycles. The Morgan fingerprint density at radius 3 is 2.53 bits per heavy atom. The molecular weight excluding hydrogens is 216 g/mol. The third-order valence-corrected chi connectivity index (χ3v) is 3.46. The van der Waals surface area contributed by atoms with Crippen molar-refractivity contribution < 1.29 is 9.59 Å². The molecule has 1 heterocycles. The van der Waals surface area contributed by atoms with Gasteiger partial charge in [-0.2, -0.15) is 0 Å². The van der Waals surface area contributed by atoms with Crippen LogP contribution in [0.25, 0.3) is 0 Å². The summed E-state index contributed by atoms with van der Waals surface area (Å²) < 4.78 is 0. The van der Waals surface area contributed by atoms with Crippen LogP contribution in [0.1, 0.15) is 53.4 Å². The van der Waals surface area contributed by atoms with Crippen LogP contribution in [0, 0.1) is 0 Å². The number of nitrogens with zero attached hydrogens (tertiary/aromatic N) is 1. The van der Waals surface area contributed by atoms with Crippen LogP contribution in [0.3, 0.4) is 0 Å². The minimum Gasteiger partial charge on any atom is -0.344 e. The van der Waals surface area contributed by atoms with Crippen LogP contribution < -0.4 is 5.32 Å². The summed E-state index contributed by atoms with van der Waals surface area (Å²) in [6.07, 6.45) is 3.07. The molecule has 0 aromatic heterocycles. The normalized spacial score (nSPS) is 22.4. The number of nitrogens with one attached hydrogen (secondary N) is 1. The molecule has 0 saturated carbocycles. The van der Waals surface area contributed by atoms with Crippen molar-refractivity contribution in [3.05, 3.63) is 0 Å². The van der Waals surface area contributed by atoms with Gasteiger partial charge in [-0.3, -0.25) is 9.59 Å². The monoisotopic (exact) mass is 240 g/mol. The molecule has 0 radical (unpaired) electrons. The van der Waals surface area contributed by atoms with Gasteiger partial charge in [-0.05, 0) is 26.7 Å². The van der Waals surface area contributed by atoms with E-state index in [9.17, 15) is 9.59 Å². The summed E-state index contributed by atoms with van der Waals surface area (Å²) in [6.45, 7) is 8.74. The second kappa shape index (κ2) is 5.52. The van der Waals surface area contributed by atoms with Gasteiger partial charge < -0.3 is 10.2 Å². The van der Waals surface area contributed by atoms with Crippen LogP contribution in [0.5, 0.6) is 0 Å². The summed E-state index contributed by atoms with van der Waals surface area (Å²) in [4.78, 5) is 25.8. The topological polar surface area (TPSA) is 49.4 Å². The highest BCUT2D eigenvalue weighted by molar-refractivity contribution is 5.90. The van der Waals surface area contributed by atoms with E-state index in [-0.39, 0.29) is 23.4 Å². The van der Waals surface area contributed by atoms with E-state index in [0.29, 0.717) is 19.4 Å². The Balaban J connectivity index is 2.90. The first kappa shape index (κ1) is 14.0. The van der Waals surface area contributed by atoms with Gasteiger partial charge in [-0.1, -0.05) is 20.3 Å². The molecule has 1 atom stereocenters. The molecule has 0 aliphatic carbocycles. The van der Waals surface area contributed by atoms with Crippen LogP contribution in [-0.4, -0.2) is 34.8 Å². The number of hydrogen-bond acceptors (Lipinski definition) is 2. The van der Waals surface area contributed by atoms with Crippen molar-refractivity contribution in [3.63, 3.8) is 0 Å². The standard InChI is InChI=1S/C13H24N2O2/c1-5-8-13(3,4)15-9-7-11(16)14-10(6-2)12(15)17/h10H,5-9H2,1-4H3,(H,14,16). The van der Waals surface area contributed by atoms with Crippen LogP contribution in [0.15, 0.2) is 0 Å². The van der Waals surface area contributed by atoms with Gasteiger partial charge in [0.05, 0.1) is 0 Å². The lowest BCUT2D eigenvalue weighted by Gasteiger charge is -2.39. The van der Waals surface area contributed by atoms with Crippen LogP contribution in [-0.2, 0) is 9.59 Å². The van der Waals surface area contributed by atoms with E-state index >= 15 is 0 Å². The molecule has 1 N–H and O–H groups in total. The first-order valence-corrected chi connectivity index (χ1v) is 6.53. The average molecular weight is 240 g/mol. The number of carbonyl (C=O) groups is 2. The van der Waals surface area contributed by atoms with Crippen molar-refractivity contribution in [3.8, 4) is 0 Å². The van der Waals surface area contributed by atoms with Gasteiger partial charge in [-0.25, -0.2) is 0 Å². The first-order chi connectivity index (χ1) is 7.92. The lowest BCUT2D eigenvalue weighted by molar-refractivity contribution is -0.138. The summed E-state index contributed by atoms with van der Waals surface area (Å²) in [5, 5.41) is 2.79. The Labute approximate surface area is 104 Å². The number of carbonyl (C=O) groups excluding carboxylic acids is 2. The molecule has 0 bridgehead atoms. The fourth-order valence-corrected chi connectivity index (χ4v) is 2.46. The molecule has 1 saturated heterocycles. The predicted molar refractivity (Wildman–Crippen MR) is 67.5 cm³/mol. The van der Waals surface area contributed by atoms with Gasteiger partial charge in [0.15, 0.2) is 0 Å². The maximum atomic E-state index is 12.4. The second-order valence-corrected chi connectivity index (χ2v) is 5.33. The maximum Gasteiger partial charge on any atom is 0.245 e. The molecular formula is C13H24N2O2. The Kier molecular flexibility index (Phi) is 4.54. The minimum atomic E-state index is -0.346. The molecule has 4 nitrogen and oxygen atoms in total. The van der Waals surface area contributed by atoms with E-state index in [1.807, 2.05) is 11.8 Å². The second-order valence-electron chi connectivity index (χ2n) is 5.33. The minimum absolute atomic E-state index is 0.0139. The Morgan fingerprint density at radius 2 is 2.00 bits per heavy atom. The summed E-state index contributed by atoms with van der Waals surface area (Å²) in [5.74, 6) is 0.0526. The van der Waals surface area contributed by atoms with Crippen LogP contribution in [0.2, 0.25) is 0 Å². The van der Waals surface area contributed by atoms with Gasteiger partial charge >= 0.3 is 0 Å². The molecule has 4 heteroatoms. The SMILES string of the molecule is CCCC(C)(C)N1CCC(=O)NC(CC)C1=O. The smallest absolute Gasteiger partial charge is 0.245 e. The van der Waals surface area contributed by atoms with Gasteiger partial charge in [-0.15, -0.1) is 0 Å². The summed E-state index contributed by atoms with van der Waals surface area (Å²) in [7, 11) is 0. The van der Waals surface area contributed by atoms with Crippen molar-refractivity contribution in [1.82, 2.24) is 10.2 Å². The molecule has 0 aromatic carbocycles. The first-order valence-electron chi connectivity index (χ1n) is 6.53. The fraction of sp³-hybridized carbons (Fsp3) is 0.846. The number of hydrogen-bond donors (Lipinski definition) is 1. The van der Waals surface area contributed by atoms with Crippen LogP contribution in [0.4, 0.5) is 0 Å². The molecule has 17 heavy (non-hydrogen) atoms. The van der Waals surface area contributed by atoms with E-state index in [4.69, 9.17) is 0 Å². The van der Waals surface area contributed by atoms with E-state index in [1.54, 1.807) is 0 Å². The van der Waals surface area contributed by atoms with Crippen molar-refractivity contribution >= 4 is 11.8 Å². The number of amides is 2. The van der Waals surface area contributed by atoms with E-state index in [0.717, 1.165) is 12.8 Å². The molecule has 1 unspecified atom stereocenters. The van der Waals surface area contributed by atoms with Gasteiger partial charge in [0.1, 0.15) is 6.04 Å². The zero-order valence-corrected chi connectivity index (χ0v) is 11.4. The molecule has 2 amide bonds. The molecule has 1 aliphatic rings. The molecule has 0 spiro atoms. The zero-order valence-electron chi connectivity index (χ0n) is 11.4. The molecule has 1 rings (SSSR count). The van der Waals surface area contributed by atoms with Crippen molar-refractivity contribution in [2.75, 3.05) is 6.54 Å². The third kappa shape index (κ3) is 3.20. The lowest BCUT2D eigenvalue weighted by Crippen LogP contribution is -2.52. The van der Waals surface area contributed by atoms with Crippen molar-refractivity contribution in [1.29, 1.82) is 0 Å². The highest BCUT2D eigenvalue weighted by Gasteiger charge is 2.36. The number of rotatable bonds is 4. The maximum absolute atomic E-state index is 12.4. The fourth-order valence-electron chi connectivity index (χ4n) is 2.46. The van der Waals surface area contributed by atoms with Gasteiger partial charge in [0, 0.05) is 18.5 Å². The van der Waals surface area contributed by atoms with Crippen molar-refractivity contribution in [2.45, 2.75) is 65.0 Å². The van der Waals surface area contributed by atoms with Crippen LogP contribution >= 0.6 is 0 Å². The highest BCUT2D eigenvalue weighted by Crippen LogP contribution is 2.23. The summed E-state index contributed by atoms with van der Waals surface area (Å²) in [5.41, 5.74) is -0.161. The van der Waals surface area contributed by atoms with Gasteiger partial charge in [0.2, 0.25) is 11.8 Å². The Bertz CT molecular complexity index is 300. The van der Waals surface area contributed by atoms with Crippen molar-refractivity contribution in [2.24, 2.45) is 0 Å². The Hall–Kier alpha value is -1.06. The van der Waals surface area contributed by atoms with E-state index < -0.39 is 0 Å². The largest absolute Gasteiger partial charge is 0.344 e. The summed E-state index contributed by atoms with van der Waals surface area (Å²) >= 11 is 0.